The number of ether oxygens (including phenoxy) is 1. The van der Waals surface area contributed by atoms with Gasteiger partial charge in [-0.2, -0.15) is 0 Å². The monoisotopic (exact) mass is 268 g/mol. The SMILES string of the molecule is COC(=O)c1ccc(N2CC(CCl)CC2=O)cn1. The fraction of sp³-hybridized carbons (Fsp3) is 0.417. The van der Waals surface area contributed by atoms with Crippen molar-refractivity contribution in [3.8, 4) is 0 Å². The Bertz CT molecular complexity index is 461. The molecule has 1 unspecified atom stereocenters. The molecule has 0 aromatic carbocycles. The number of halogens is 1. The first-order chi connectivity index (χ1) is 8.65. The number of hydrogen-bond donors (Lipinski definition) is 0. The lowest BCUT2D eigenvalue weighted by molar-refractivity contribution is -0.117. The number of alkyl halides is 1. The number of amides is 1. The maximum Gasteiger partial charge on any atom is 0.356 e. The third-order valence-electron chi connectivity index (χ3n) is 2.88. The molecule has 0 saturated carbocycles. The van der Waals surface area contributed by atoms with Crippen molar-refractivity contribution in [3.05, 3.63) is 24.0 Å². The third kappa shape index (κ3) is 2.46. The largest absolute Gasteiger partial charge is 0.464 e. The Morgan fingerprint density at radius 1 is 1.61 bits per heavy atom. The van der Waals surface area contributed by atoms with Crippen molar-refractivity contribution in [3.63, 3.8) is 0 Å². The van der Waals surface area contributed by atoms with Crippen molar-refractivity contribution < 1.29 is 14.3 Å². The Hall–Kier alpha value is -1.62. The van der Waals surface area contributed by atoms with E-state index in [1.807, 2.05) is 0 Å². The van der Waals surface area contributed by atoms with Gasteiger partial charge in [-0.25, -0.2) is 9.78 Å². The Morgan fingerprint density at radius 3 is 2.89 bits per heavy atom. The van der Waals surface area contributed by atoms with Gasteiger partial charge in [0, 0.05) is 18.8 Å². The molecule has 1 aromatic rings. The van der Waals surface area contributed by atoms with E-state index < -0.39 is 5.97 Å². The van der Waals surface area contributed by atoms with Crippen molar-refractivity contribution in [2.24, 2.45) is 5.92 Å². The van der Waals surface area contributed by atoms with Gasteiger partial charge >= 0.3 is 5.97 Å². The van der Waals surface area contributed by atoms with E-state index in [0.717, 1.165) is 0 Å². The van der Waals surface area contributed by atoms with Crippen molar-refractivity contribution in [2.75, 3.05) is 24.4 Å². The summed E-state index contributed by atoms with van der Waals surface area (Å²) < 4.78 is 4.56. The molecule has 96 valence electrons. The van der Waals surface area contributed by atoms with E-state index in [-0.39, 0.29) is 17.5 Å². The van der Waals surface area contributed by atoms with Crippen LogP contribution >= 0.6 is 11.6 Å². The Balaban J connectivity index is 2.15. The first-order valence-corrected chi connectivity index (χ1v) is 6.10. The van der Waals surface area contributed by atoms with E-state index >= 15 is 0 Å². The number of rotatable bonds is 3. The maximum absolute atomic E-state index is 11.8. The summed E-state index contributed by atoms with van der Waals surface area (Å²) in [7, 11) is 1.30. The summed E-state index contributed by atoms with van der Waals surface area (Å²) in [6.07, 6.45) is 1.96. The molecule has 1 saturated heterocycles. The first kappa shape index (κ1) is 12.8. The zero-order chi connectivity index (χ0) is 13.1. The van der Waals surface area contributed by atoms with Crippen LogP contribution in [0.3, 0.4) is 0 Å². The molecular formula is C12H13ClN2O3. The van der Waals surface area contributed by atoms with Gasteiger partial charge in [-0.1, -0.05) is 0 Å². The highest BCUT2D eigenvalue weighted by atomic mass is 35.5. The number of pyridine rings is 1. The second kappa shape index (κ2) is 5.35. The summed E-state index contributed by atoms with van der Waals surface area (Å²) >= 11 is 5.76. The van der Waals surface area contributed by atoms with Crippen LogP contribution in [0.15, 0.2) is 18.3 Å². The lowest BCUT2D eigenvalue weighted by Crippen LogP contribution is -2.25. The number of nitrogens with zero attached hydrogens (tertiary/aromatic N) is 2. The standard InChI is InChI=1S/C12H13ClN2O3/c1-18-12(17)10-3-2-9(6-14-10)15-7-8(5-13)4-11(15)16/h2-3,6,8H,4-5,7H2,1H3. The molecule has 2 rings (SSSR count). The van der Waals surface area contributed by atoms with E-state index in [1.54, 1.807) is 17.0 Å². The molecule has 0 N–H and O–H groups in total. The lowest BCUT2D eigenvalue weighted by atomic mass is 10.1. The van der Waals surface area contributed by atoms with Gasteiger partial charge in [-0.05, 0) is 18.1 Å². The molecule has 0 radical (unpaired) electrons. The molecular weight excluding hydrogens is 256 g/mol. The summed E-state index contributed by atoms with van der Waals surface area (Å²) in [4.78, 5) is 28.6. The first-order valence-electron chi connectivity index (χ1n) is 5.56. The van der Waals surface area contributed by atoms with E-state index in [2.05, 4.69) is 9.72 Å². The highest BCUT2D eigenvalue weighted by Crippen LogP contribution is 2.25. The van der Waals surface area contributed by atoms with Gasteiger partial charge in [0.1, 0.15) is 5.69 Å². The van der Waals surface area contributed by atoms with Crippen LogP contribution in [-0.2, 0) is 9.53 Å². The van der Waals surface area contributed by atoms with Crippen molar-refractivity contribution in [1.82, 2.24) is 4.98 Å². The number of anilines is 1. The van der Waals surface area contributed by atoms with Crippen molar-refractivity contribution >= 4 is 29.2 Å². The maximum atomic E-state index is 11.8. The fourth-order valence-electron chi connectivity index (χ4n) is 1.91. The van der Waals surface area contributed by atoms with Crippen LogP contribution in [0, 0.1) is 5.92 Å². The second-order valence-electron chi connectivity index (χ2n) is 4.12. The number of methoxy groups -OCH3 is 1. The molecule has 5 nitrogen and oxygen atoms in total. The molecule has 6 heteroatoms. The van der Waals surface area contributed by atoms with Gasteiger partial charge in [0.25, 0.3) is 0 Å². The quantitative estimate of drug-likeness (QED) is 0.615. The minimum atomic E-state index is -0.493. The predicted molar refractivity (Wildman–Crippen MR) is 66.8 cm³/mol. The number of carbonyl (C=O) groups is 2. The summed E-state index contributed by atoms with van der Waals surface area (Å²) in [5, 5.41) is 0. The third-order valence-corrected chi connectivity index (χ3v) is 3.31. The highest BCUT2D eigenvalue weighted by molar-refractivity contribution is 6.18. The van der Waals surface area contributed by atoms with E-state index in [9.17, 15) is 9.59 Å². The van der Waals surface area contributed by atoms with Crippen LogP contribution in [0.2, 0.25) is 0 Å². The average molecular weight is 269 g/mol. The highest BCUT2D eigenvalue weighted by Gasteiger charge is 2.30. The fourth-order valence-corrected chi connectivity index (χ4v) is 2.11. The van der Waals surface area contributed by atoms with Gasteiger partial charge in [-0.15, -0.1) is 11.6 Å². The molecule has 0 aliphatic carbocycles. The van der Waals surface area contributed by atoms with Crippen LogP contribution in [0.1, 0.15) is 16.9 Å². The van der Waals surface area contributed by atoms with E-state index in [4.69, 9.17) is 11.6 Å². The number of aromatic nitrogens is 1. The normalized spacial score (nSPS) is 19.1. The zero-order valence-corrected chi connectivity index (χ0v) is 10.7. The minimum Gasteiger partial charge on any atom is -0.464 e. The second-order valence-corrected chi connectivity index (χ2v) is 4.43. The number of carbonyl (C=O) groups excluding carboxylic acids is 2. The molecule has 1 amide bonds. The Morgan fingerprint density at radius 2 is 2.39 bits per heavy atom. The summed E-state index contributed by atoms with van der Waals surface area (Å²) in [5.41, 5.74) is 0.905. The van der Waals surface area contributed by atoms with Crippen molar-refractivity contribution in [2.45, 2.75) is 6.42 Å². The average Bonchev–Trinajstić information content (AvgIpc) is 2.79. The number of hydrogen-bond acceptors (Lipinski definition) is 4. The molecule has 1 aliphatic heterocycles. The van der Waals surface area contributed by atoms with Gasteiger partial charge < -0.3 is 9.64 Å². The smallest absolute Gasteiger partial charge is 0.356 e. The Kier molecular flexibility index (Phi) is 3.81. The Labute approximate surface area is 110 Å². The van der Waals surface area contributed by atoms with Crippen LogP contribution in [0.4, 0.5) is 5.69 Å². The van der Waals surface area contributed by atoms with Crippen LogP contribution in [0.25, 0.3) is 0 Å². The van der Waals surface area contributed by atoms with Crippen molar-refractivity contribution in [1.29, 1.82) is 0 Å². The van der Waals surface area contributed by atoms with Gasteiger partial charge in [0.05, 0.1) is 19.0 Å². The summed E-state index contributed by atoms with van der Waals surface area (Å²) in [5.74, 6) is 0.191. The van der Waals surface area contributed by atoms with E-state index in [0.29, 0.717) is 24.5 Å². The molecule has 0 spiro atoms. The topological polar surface area (TPSA) is 59.5 Å². The van der Waals surface area contributed by atoms with Crippen LogP contribution in [0.5, 0.6) is 0 Å². The molecule has 0 bridgehead atoms. The molecule has 18 heavy (non-hydrogen) atoms. The van der Waals surface area contributed by atoms with Gasteiger partial charge in [-0.3, -0.25) is 4.79 Å². The lowest BCUT2D eigenvalue weighted by Gasteiger charge is -2.15. The molecule has 2 heterocycles. The van der Waals surface area contributed by atoms with E-state index in [1.165, 1.54) is 13.3 Å². The molecule has 1 aromatic heterocycles. The molecule has 1 atom stereocenters. The number of esters is 1. The van der Waals surface area contributed by atoms with Crippen LogP contribution < -0.4 is 4.90 Å². The van der Waals surface area contributed by atoms with Crippen LogP contribution in [-0.4, -0.2) is 36.4 Å². The molecule has 1 fully saturated rings. The molecule has 1 aliphatic rings. The minimum absolute atomic E-state index is 0.0354. The predicted octanol–water partition coefficient (Wildman–Crippen LogP) is 1.46. The van der Waals surface area contributed by atoms with Gasteiger partial charge in [0.15, 0.2) is 0 Å². The summed E-state index contributed by atoms with van der Waals surface area (Å²) in [6.45, 7) is 0.599. The van der Waals surface area contributed by atoms with Gasteiger partial charge in [0.2, 0.25) is 5.91 Å². The zero-order valence-electron chi connectivity index (χ0n) is 9.93. The summed E-state index contributed by atoms with van der Waals surface area (Å²) in [6, 6.07) is 3.23.